The number of nitrogens with zero attached hydrogens (tertiary/aromatic N) is 4. The van der Waals surface area contributed by atoms with Gasteiger partial charge in [0.05, 0.1) is 5.56 Å². The van der Waals surface area contributed by atoms with Gasteiger partial charge in [-0.3, -0.25) is 4.79 Å². The largest absolute Gasteiger partial charge is 0.615 e. The molecule has 150 valence electrons. The zero-order valence-corrected chi connectivity index (χ0v) is 17.2. The second-order valence-corrected chi connectivity index (χ2v) is 9.44. The van der Waals surface area contributed by atoms with Crippen LogP contribution in [-0.4, -0.2) is 51.3 Å². The summed E-state index contributed by atoms with van der Waals surface area (Å²) in [6.07, 6.45) is 3.62. The molecule has 2 saturated heterocycles. The van der Waals surface area contributed by atoms with Crippen LogP contribution in [0.2, 0.25) is 0 Å². The standard InChI is InChI=1S/C22H24N4O2S/c1-16(18-5-3-2-4-6-18)29(28)15-22(27)25-13-19-8-9-20(14-25)26(19)21-10-7-17(11-23)12-24-21/h2-7,10,12,16,19-20H,8-9,13-15H2,1H3. The first-order chi connectivity index (χ1) is 14.1. The van der Waals surface area contributed by atoms with Gasteiger partial charge < -0.3 is 14.4 Å². The summed E-state index contributed by atoms with van der Waals surface area (Å²) in [5.41, 5.74) is 1.54. The number of aromatic nitrogens is 1. The van der Waals surface area contributed by atoms with Gasteiger partial charge in [0.25, 0.3) is 5.91 Å². The second-order valence-electron chi connectivity index (χ2n) is 7.69. The molecular formula is C22H24N4O2S. The lowest BCUT2D eigenvalue weighted by Gasteiger charge is -2.41. The average Bonchev–Trinajstić information content (AvgIpc) is 3.02. The Labute approximate surface area is 174 Å². The summed E-state index contributed by atoms with van der Waals surface area (Å²) < 4.78 is 12.7. The first-order valence-electron chi connectivity index (χ1n) is 9.91. The quantitative estimate of drug-likeness (QED) is 0.710. The fourth-order valence-corrected chi connectivity index (χ4v) is 5.44. The lowest BCUT2D eigenvalue weighted by molar-refractivity contribution is -0.129. The van der Waals surface area contributed by atoms with Gasteiger partial charge in [-0.25, -0.2) is 4.98 Å². The summed E-state index contributed by atoms with van der Waals surface area (Å²) in [4.78, 5) is 21.5. The molecule has 0 radical (unpaired) electrons. The van der Waals surface area contributed by atoms with Crippen LogP contribution in [0.25, 0.3) is 0 Å². The Morgan fingerprint density at radius 2 is 1.93 bits per heavy atom. The van der Waals surface area contributed by atoms with E-state index in [1.54, 1.807) is 12.3 Å². The van der Waals surface area contributed by atoms with E-state index in [9.17, 15) is 9.35 Å². The molecule has 1 aromatic carbocycles. The smallest absolute Gasteiger partial charge is 0.272 e. The highest BCUT2D eigenvalue weighted by atomic mass is 32.2. The number of amides is 1. The van der Waals surface area contributed by atoms with E-state index in [2.05, 4.69) is 16.0 Å². The monoisotopic (exact) mass is 408 g/mol. The molecule has 2 bridgehead atoms. The fraction of sp³-hybridized carbons (Fsp3) is 0.409. The van der Waals surface area contributed by atoms with Crippen molar-refractivity contribution in [2.24, 2.45) is 0 Å². The Balaban J connectivity index is 1.39. The van der Waals surface area contributed by atoms with Crippen LogP contribution in [0.15, 0.2) is 48.7 Å². The lowest BCUT2D eigenvalue weighted by Crippen LogP contribution is -2.56. The highest BCUT2D eigenvalue weighted by molar-refractivity contribution is 7.92. The molecule has 29 heavy (non-hydrogen) atoms. The number of hydrogen-bond acceptors (Lipinski definition) is 5. The summed E-state index contributed by atoms with van der Waals surface area (Å²) in [6.45, 7) is 3.18. The molecule has 4 atom stereocenters. The van der Waals surface area contributed by atoms with E-state index in [-0.39, 0.29) is 29.0 Å². The second kappa shape index (κ2) is 8.44. The number of anilines is 1. The number of nitriles is 1. The molecule has 0 spiro atoms. The maximum absolute atomic E-state index is 12.9. The molecule has 7 heteroatoms. The lowest BCUT2D eigenvalue weighted by atomic mass is 10.1. The van der Waals surface area contributed by atoms with E-state index in [1.165, 1.54) is 0 Å². The van der Waals surface area contributed by atoms with Gasteiger partial charge >= 0.3 is 0 Å². The third-order valence-corrected chi connectivity index (χ3v) is 7.50. The molecular weight excluding hydrogens is 384 g/mol. The van der Waals surface area contributed by atoms with Crippen LogP contribution in [-0.2, 0) is 16.0 Å². The molecule has 4 unspecified atom stereocenters. The van der Waals surface area contributed by atoms with Crippen LogP contribution in [0.1, 0.15) is 36.1 Å². The summed E-state index contributed by atoms with van der Waals surface area (Å²) in [6, 6.07) is 15.9. The molecule has 0 saturated carbocycles. The van der Waals surface area contributed by atoms with E-state index >= 15 is 0 Å². The van der Waals surface area contributed by atoms with Crippen LogP contribution >= 0.6 is 0 Å². The first-order valence-corrected chi connectivity index (χ1v) is 11.3. The topological polar surface area (TPSA) is 83.3 Å². The highest BCUT2D eigenvalue weighted by Crippen LogP contribution is 2.34. The van der Waals surface area contributed by atoms with E-state index in [4.69, 9.17) is 5.26 Å². The average molecular weight is 409 g/mol. The molecule has 6 nitrogen and oxygen atoms in total. The molecule has 3 heterocycles. The normalized spacial score (nSPS) is 22.8. The van der Waals surface area contributed by atoms with Gasteiger partial charge in [0.1, 0.15) is 17.1 Å². The Morgan fingerprint density at radius 3 is 2.52 bits per heavy atom. The van der Waals surface area contributed by atoms with E-state index in [0.29, 0.717) is 18.7 Å². The van der Waals surface area contributed by atoms with Crippen molar-refractivity contribution in [3.8, 4) is 6.07 Å². The predicted octanol–water partition coefficient (Wildman–Crippen LogP) is 2.64. The van der Waals surface area contributed by atoms with Crippen molar-refractivity contribution in [1.29, 1.82) is 5.26 Å². The molecule has 2 aromatic rings. The maximum atomic E-state index is 12.9. The number of pyridine rings is 1. The SMILES string of the molecule is CC(c1ccccc1)[S+]([O-])CC(=O)N1CC2CCC(C1)N2c1ccc(C#N)cn1. The number of carbonyl (C=O) groups excluding carboxylic acids is 1. The minimum Gasteiger partial charge on any atom is -0.615 e. The van der Waals surface area contributed by atoms with Crippen LogP contribution < -0.4 is 4.90 Å². The molecule has 2 aliphatic heterocycles. The van der Waals surface area contributed by atoms with Crippen molar-refractivity contribution in [2.75, 3.05) is 23.7 Å². The molecule has 1 amide bonds. The van der Waals surface area contributed by atoms with Gasteiger partial charge in [-0.2, -0.15) is 5.26 Å². The minimum absolute atomic E-state index is 0.0320. The number of fused-ring (bicyclic) bond motifs is 2. The van der Waals surface area contributed by atoms with Gasteiger partial charge in [0, 0.05) is 36.9 Å². The molecule has 1 aromatic heterocycles. The van der Waals surface area contributed by atoms with Gasteiger partial charge in [-0.05, 0) is 43.1 Å². The van der Waals surface area contributed by atoms with Crippen LogP contribution in [0.3, 0.4) is 0 Å². The van der Waals surface area contributed by atoms with Crippen LogP contribution in [0.5, 0.6) is 0 Å². The highest BCUT2D eigenvalue weighted by Gasteiger charge is 2.42. The number of hydrogen-bond donors (Lipinski definition) is 0. The maximum Gasteiger partial charge on any atom is 0.272 e. The number of rotatable bonds is 5. The van der Waals surface area contributed by atoms with Crippen LogP contribution in [0, 0.1) is 11.3 Å². The summed E-state index contributed by atoms with van der Waals surface area (Å²) in [7, 11) is 0. The van der Waals surface area contributed by atoms with Crippen molar-refractivity contribution in [1.82, 2.24) is 9.88 Å². The number of piperazine rings is 1. The van der Waals surface area contributed by atoms with Crippen molar-refractivity contribution < 1.29 is 9.35 Å². The van der Waals surface area contributed by atoms with Crippen LogP contribution in [0.4, 0.5) is 5.82 Å². The Kier molecular flexibility index (Phi) is 5.74. The van der Waals surface area contributed by atoms with E-state index < -0.39 is 11.2 Å². The van der Waals surface area contributed by atoms with Gasteiger partial charge in [-0.15, -0.1) is 0 Å². The fourth-order valence-electron chi connectivity index (χ4n) is 4.30. The minimum atomic E-state index is -1.25. The summed E-state index contributed by atoms with van der Waals surface area (Å²) in [5, 5.41) is 8.80. The van der Waals surface area contributed by atoms with Crippen molar-refractivity contribution in [3.05, 3.63) is 59.8 Å². The van der Waals surface area contributed by atoms with Crippen molar-refractivity contribution in [3.63, 3.8) is 0 Å². The zero-order valence-electron chi connectivity index (χ0n) is 16.4. The summed E-state index contributed by atoms with van der Waals surface area (Å²) in [5.74, 6) is 0.894. The Bertz CT molecular complexity index is 885. The molecule has 2 fully saturated rings. The summed E-state index contributed by atoms with van der Waals surface area (Å²) >= 11 is -1.25. The molecule has 2 aliphatic rings. The van der Waals surface area contributed by atoms with E-state index in [1.807, 2.05) is 48.2 Å². The van der Waals surface area contributed by atoms with Gasteiger partial charge in [0.15, 0.2) is 5.75 Å². The number of carbonyl (C=O) groups is 1. The number of likely N-dealkylation sites (tertiary alicyclic amines) is 1. The van der Waals surface area contributed by atoms with Crippen molar-refractivity contribution in [2.45, 2.75) is 37.1 Å². The van der Waals surface area contributed by atoms with Crippen molar-refractivity contribution >= 4 is 22.9 Å². The Morgan fingerprint density at radius 1 is 1.24 bits per heavy atom. The molecule has 4 rings (SSSR count). The number of benzene rings is 1. The zero-order chi connectivity index (χ0) is 20.4. The molecule has 0 aliphatic carbocycles. The van der Waals surface area contributed by atoms with Gasteiger partial charge in [0.2, 0.25) is 0 Å². The Hall–Kier alpha value is -2.56. The van der Waals surface area contributed by atoms with E-state index in [0.717, 1.165) is 24.2 Å². The molecule has 0 N–H and O–H groups in total. The third-order valence-electron chi connectivity index (χ3n) is 5.91. The van der Waals surface area contributed by atoms with Gasteiger partial charge in [-0.1, -0.05) is 30.3 Å². The third kappa shape index (κ3) is 4.09. The first kappa shape index (κ1) is 19.7. The predicted molar refractivity (Wildman–Crippen MR) is 113 cm³/mol.